The number of para-hydroxylation sites is 1. The van der Waals surface area contributed by atoms with Crippen LogP contribution in [-0.2, 0) is 16.0 Å². The molecule has 4 amide bonds. The second kappa shape index (κ2) is 7.46. The number of hydrogen-bond donors (Lipinski definition) is 2. The molecule has 146 valence electrons. The molecule has 1 saturated carbocycles. The van der Waals surface area contributed by atoms with Crippen LogP contribution in [0.25, 0.3) is 5.69 Å². The second-order valence-electron chi connectivity index (χ2n) is 7.34. The molecule has 2 aromatic rings. The summed E-state index contributed by atoms with van der Waals surface area (Å²) >= 11 is 0. The summed E-state index contributed by atoms with van der Waals surface area (Å²) in [5.74, 6) is -0.608. The predicted molar refractivity (Wildman–Crippen MR) is 102 cm³/mol. The van der Waals surface area contributed by atoms with Crippen molar-refractivity contribution in [2.75, 3.05) is 13.1 Å². The van der Waals surface area contributed by atoms with E-state index in [1.165, 1.54) is 0 Å². The van der Waals surface area contributed by atoms with Gasteiger partial charge in [0.2, 0.25) is 5.91 Å². The Hall–Kier alpha value is -3.16. The van der Waals surface area contributed by atoms with Gasteiger partial charge in [-0.15, -0.1) is 0 Å². The molecule has 1 aromatic carbocycles. The van der Waals surface area contributed by atoms with Crippen LogP contribution in [0.5, 0.6) is 0 Å². The number of aromatic nitrogens is 2. The molecule has 28 heavy (non-hydrogen) atoms. The molecule has 2 aliphatic rings. The largest absolute Gasteiger partial charge is 0.354 e. The monoisotopic (exact) mass is 381 g/mol. The van der Waals surface area contributed by atoms with E-state index in [0.717, 1.165) is 29.0 Å². The van der Waals surface area contributed by atoms with Crippen molar-refractivity contribution in [2.45, 2.75) is 37.6 Å². The molecule has 0 bridgehead atoms. The molecule has 0 unspecified atom stereocenters. The number of rotatable bonds is 6. The van der Waals surface area contributed by atoms with E-state index in [-0.39, 0.29) is 18.4 Å². The summed E-state index contributed by atoms with van der Waals surface area (Å²) in [6.07, 6.45) is 7.44. The predicted octanol–water partition coefficient (Wildman–Crippen LogP) is 1.40. The van der Waals surface area contributed by atoms with Gasteiger partial charge in [0.25, 0.3) is 5.91 Å². The highest BCUT2D eigenvalue weighted by molar-refractivity contribution is 6.09. The van der Waals surface area contributed by atoms with Gasteiger partial charge in [0.05, 0.1) is 11.9 Å². The van der Waals surface area contributed by atoms with E-state index in [9.17, 15) is 14.4 Å². The average Bonchev–Trinajstić information content (AvgIpc) is 3.41. The van der Waals surface area contributed by atoms with Crippen molar-refractivity contribution < 1.29 is 14.4 Å². The fourth-order valence-corrected chi connectivity index (χ4v) is 3.89. The maximum Gasteiger partial charge on any atom is 0.325 e. The number of nitrogens with zero attached hydrogens (tertiary/aromatic N) is 3. The maximum atomic E-state index is 12.6. The zero-order valence-corrected chi connectivity index (χ0v) is 15.6. The van der Waals surface area contributed by atoms with Crippen LogP contribution in [0.2, 0.25) is 0 Å². The van der Waals surface area contributed by atoms with Crippen molar-refractivity contribution in [3.63, 3.8) is 0 Å². The van der Waals surface area contributed by atoms with E-state index >= 15 is 0 Å². The lowest BCUT2D eigenvalue weighted by atomic mass is 9.98. The Balaban J connectivity index is 1.27. The van der Waals surface area contributed by atoms with Crippen LogP contribution in [0.3, 0.4) is 0 Å². The van der Waals surface area contributed by atoms with Gasteiger partial charge >= 0.3 is 6.03 Å². The molecule has 1 saturated heterocycles. The van der Waals surface area contributed by atoms with Crippen molar-refractivity contribution >= 4 is 17.8 Å². The van der Waals surface area contributed by atoms with Crippen molar-refractivity contribution in [2.24, 2.45) is 0 Å². The summed E-state index contributed by atoms with van der Waals surface area (Å²) in [7, 11) is 0. The number of carbonyl (C=O) groups excluding carboxylic acids is 3. The van der Waals surface area contributed by atoms with E-state index in [1.54, 1.807) is 10.9 Å². The van der Waals surface area contributed by atoms with Gasteiger partial charge in [0.1, 0.15) is 12.1 Å². The molecule has 1 spiro atoms. The third-order valence-corrected chi connectivity index (χ3v) is 5.40. The van der Waals surface area contributed by atoms with Crippen LogP contribution < -0.4 is 10.6 Å². The smallest absolute Gasteiger partial charge is 0.325 e. The highest BCUT2D eigenvalue weighted by Crippen LogP contribution is 2.34. The second-order valence-corrected chi connectivity index (χ2v) is 7.34. The number of urea groups is 1. The number of imide groups is 1. The first-order chi connectivity index (χ1) is 13.6. The Bertz CT molecular complexity index is 886. The number of carbonyl (C=O) groups is 3. The lowest BCUT2D eigenvalue weighted by Gasteiger charge is -2.19. The van der Waals surface area contributed by atoms with Crippen LogP contribution in [0, 0.1) is 0 Å². The standard InChI is InChI=1S/C20H23N5O3/c26-17(14-24-18(27)20(23-19(24)28)9-4-5-10-20)21-11-8-15-12-22-25(13-15)16-6-2-1-3-7-16/h1-3,6-7,12-13H,4-5,8-11,14H2,(H,21,26)(H,23,28). The van der Waals surface area contributed by atoms with Crippen LogP contribution in [-0.4, -0.2) is 51.2 Å². The Labute approximate surface area is 162 Å². The van der Waals surface area contributed by atoms with E-state index in [2.05, 4.69) is 15.7 Å². The molecule has 2 fully saturated rings. The van der Waals surface area contributed by atoms with Gasteiger partial charge in [-0.2, -0.15) is 5.10 Å². The zero-order valence-electron chi connectivity index (χ0n) is 15.6. The van der Waals surface area contributed by atoms with Gasteiger partial charge in [-0.05, 0) is 37.0 Å². The quantitative estimate of drug-likeness (QED) is 0.739. The highest BCUT2D eigenvalue weighted by Gasteiger charge is 2.52. The number of amides is 4. The lowest BCUT2D eigenvalue weighted by Crippen LogP contribution is -2.45. The summed E-state index contributed by atoms with van der Waals surface area (Å²) < 4.78 is 1.78. The molecule has 2 N–H and O–H groups in total. The van der Waals surface area contributed by atoms with Gasteiger partial charge < -0.3 is 10.6 Å². The van der Waals surface area contributed by atoms with E-state index in [1.807, 2.05) is 36.5 Å². The first kappa shape index (κ1) is 18.2. The summed E-state index contributed by atoms with van der Waals surface area (Å²) in [6.45, 7) is 0.170. The molecule has 8 nitrogen and oxygen atoms in total. The molecular formula is C20H23N5O3. The minimum Gasteiger partial charge on any atom is -0.354 e. The normalized spacial score (nSPS) is 17.9. The molecular weight excluding hydrogens is 358 g/mol. The molecule has 0 radical (unpaired) electrons. The van der Waals surface area contributed by atoms with Crippen molar-refractivity contribution in [1.29, 1.82) is 0 Å². The van der Waals surface area contributed by atoms with Crippen LogP contribution in [0.4, 0.5) is 4.79 Å². The molecule has 4 rings (SSSR count). The molecule has 1 aromatic heterocycles. The average molecular weight is 381 g/mol. The summed E-state index contributed by atoms with van der Waals surface area (Å²) in [4.78, 5) is 37.9. The number of benzene rings is 1. The van der Waals surface area contributed by atoms with Gasteiger partial charge in [0, 0.05) is 12.7 Å². The van der Waals surface area contributed by atoms with E-state index < -0.39 is 11.6 Å². The van der Waals surface area contributed by atoms with Crippen molar-refractivity contribution in [1.82, 2.24) is 25.3 Å². The van der Waals surface area contributed by atoms with Crippen LogP contribution in [0.1, 0.15) is 31.2 Å². The van der Waals surface area contributed by atoms with Gasteiger partial charge in [-0.1, -0.05) is 31.0 Å². The van der Waals surface area contributed by atoms with E-state index in [4.69, 9.17) is 0 Å². The Morgan fingerprint density at radius 1 is 1.18 bits per heavy atom. The Morgan fingerprint density at radius 3 is 2.68 bits per heavy atom. The minimum absolute atomic E-state index is 0.240. The topological polar surface area (TPSA) is 96.3 Å². The highest BCUT2D eigenvalue weighted by atomic mass is 16.2. The molecule has 2 heterocycles. The third-order valence-electron chi connectivity index (χ3n) is 5.40. The van der Waals surface area contributed by atoms with Gasteiger partial charge in [-0.25, -0.2) is 9.48 Å². The lowest BCUT2D eigenvalue weighted by molar-refractivity contribution is -0.134. The first-order valence-electron chi connectivity index (χ1n) is 9.57. The zero-order chi connectivity index (χ0) is 19.6. The Morgan fingerprint density at radius 2 is 1.93 bits per heavy atom. The molecule has 1 aliphatic carbocycles. The minimum atomic E-state index is -0.774. The number of nitrogens with one attached hydrogen (secondary N) is 2. The van der Waals surface area contributed by atoms with Gasteiger partial charge in [-0.3, -0.25) is 14.5 Å². The molecule has 8 heteroatoms. The van der Waals surface area contributed by atoms with Gasteiger partial charge in [0.15, 0.2) is 0 Å². The summed E-state index contributed by atoms with van der Waals surface area (Å²) in [5.41, 5.74) is 1.19. The number of hydrogen-bond acceptors (Lipinski definition) is 4. The Kier molecular flexibility index (Phi) is 4.85. The third kappa shape index (κ3) is 3.49. The summed E-state index contributed by atoms with van der Waals surface area (Å²) in [5, 5.41) is 9.88. The molecule has 0 atom stereocenters. The van der Waals surface area contributed by atoms with E-state index in [0.29, 0.717) is 25.8 Å². The maximum absolute atomic E-state index is 12.6. The summed E-state index contributed by atoms with van der Waals surface area (Å²) in [6, 6.07) is 9.31. The fraction of sp³-hybridized carbons (Fsp3) is 0.400. The van der Waals surface area contributed by atoms with Crippen molar-refractivity contribution in [3.8, 4) is 5.69 Å². The first-order valence-corrected chi connectivity index (χ1v) is 9.57. The fourth-order valence-electron chi connectivity index (χ4n) is 3.89. The molecule has 1 aliphatic heterocycles. The van der Waals surface area contributed by atoms with Crippen LogP contribution >= 0.6 is 0 Å². The van der Waals surface area contributed by atoms with Crippen molar-refractivity contribution in [3.05, 3.63) is 48.3 Å². The van der Waals surface area contributed by atoms with Crippen LogP contribution in [0.15, 0.2) is 42.7 Å². The SMILES string of the molecule is O=C(CN1C(=O)NC2(CCCC2)C1=O)NCCc1cnn(-c2ccccc2)c1.